The lowest BCUT2D eigenvalue weighted by molar-refractivity contribution is 0.633. The lowest BCUT2D eigenvalue weighted by Crippen LogP contribution is -2.47. The van der Waals surface area contributed by atoms with E-state index in [2.05, 4.69) is 33.8 Å². The number of hydrogen-bond donors (Lipinski definition) is 0. The molecule has 0 amide bonds. The van der Waals surface area contributed by atoms with Crippen LogP contribution in [0.25, 0.3) is 0 Å². The van der Waals surface area contributed by atoms with Crippen LogP contribution in [0.1, 0.15) is 41.5 Å². The fourth-order valence-electron chi connectivity index (χ4n) is 3.66. The number of pyridine rings is 1. The van der Waals surface area contributed by atoms with Gasteiger partial charge in [0.05, 0.1) is 5.56 Å². The van der Waals surface area contributed by atoms with Crippen LogP contribution >= 0.6 is 11.3 Å². The molecule has 0 bridgehead atoms. The van der Waals surface area contributed by atoms with Crippen molar-refractivity contribution in [1.29, 1.82) is 5.26 Å². The third-order valence-electron chi connectivity index (χ3n) is 5.14. The van der Waals surface area contributed by atoms with Crippen LogP contribution < -0.4 is 9.80 Å². The van der Waals surface area contributed by atoms with E-state index < -0.39 is 0 Å². The fraction of sp³-hybridized carbons (Fsp3) is 0.526. The summed E-state index contributed by atoms with van der Waals surface area (Å²) in [5.74, 6) is 0.885. The van der Waals surface area contributed by atoms with Crippen LogP contribution in [-0.4, -0.2) is 36.1 Å². The number of aromatic nitrogens is 2. The van der Waals surface area contributed by atoms with Crippen molar-refractivity contribution in [2.75, 3.05) is 36.0 Å². The van der Waals surface area contributed by atoms with Crippen LogP contribution in [0.2, 0.25) is 0 Å². The van der Waals surface area contributed by atoms with E-state index in [0.717, 1.165) is 62.0 Å². The van der Waals surface area contributed by atoms with Crippen molar-refractivity contribution in [1.82, 2.24) is 9.97 Å². The molecule has 0 radical (unpaired) electrons. The minimum atomic E-state index is 0.733. The van der Waals surface area contributed by atoms with Crippen LogP contribution in [-0.2, 0) is 19.3 Å². The van der Waals surface area contributed by atoms with Gasteiger partial charge in [0.15, 0.2) is 5.13 Å². The highest BCUT2D eigenvalue weighted by Gasteiger charge is 2.24. The van der Waals surface area contributed by atoms with Gasteiger partial charge in [0.25, 0.3) is 0 Å². The number of anilines is 2. The predicted octanol–water partition coefficient (Wildman–Crippen LogP) is 3.18. The zero-order valence-electron chi connectivity index (χ0n) is 14.7. The normalized spacial score (nSPS) is 17.3. The van der Waals surface area contributed by atoms with Gasteiger partial charge in [-0.05, 0) is 43.7 Å². The summed E-state index contributed by atoms with van der Waals surface area (Å²) in [7, 11) is 0. The summed E-state index contributed by atoms with van der Waals surface area (Å²) in [5.41, 5.74) is 3.21. The fourth-order valence-corrected chi connectivity index (χ4v) is 4.56. The largest absolute Gasteiger partial charge is 0.352 e. The highest BCUT2D eigenvalue weighted by molar-refractivity contribution is 7.15. The first-order valence-electron chi connectivity index (χ1n) is 9.16. The first-order valence-corrected chi connectivity index (χ1v) is 9.97. The molecule has 1 fully saturated rings. The molecule has 130 valence electrons. The molecule has 1 saturated heterocycles. The summed E-state index contributed by atoms with van der Waals surface area (Å²) in [6, 6.07) is 4.45. The minimum Gasteiger partial charge on any atom is -0.352 e. The Bertz CT molecular complexity index is 799. The number of fused-ring (bicyclic) bond motifs is 1. The van der Waals surface area contributed by atoms with Crippen LogP contribution in [0.15, 0.2) is 12.3 Å². The van der Waals surface area contributed by atoms with Crippen LogP contribution in [0, 0.1) is 11.3 Å². The van der Waals surface area contributed by atoms with E-state index in [1.807, 2.05) is 6.20 Å². The Balaban J connectivity index is 1.51. The quantitative estimate of drug-likeness (QED) is 0.848. The Kier molecular flexibility index (Phi) is 4.58. The molecule has 0 aromatic carbocycles. The molecule has 0 saturated carbocycles. The molecule has 0 unspecified atom stereocenters. The second kappa shape index (κ2) is 7.01. The third kappa shape index (κ3) is 3.21. The molecule has 5 nitrogen and oxygen atoms in total. The molecule has 1 aliphatic carbocycles. The van der Waals surface area contributed by atoms with Crippen molar-refractivity contribution in [2.24, 2.45) is 0 Å². The van der Waals surface area contributed by atoms with Crippen LogP contribution in [0.3, 0.4) is 0 Å². The number of thiazole rings is 1. The van der Waals surface area contributed by atoms with Crippen molar-refractivity contribution in [3.63, 3.8) is 0 Å². The summed E-state index contributed by atoms with van der Waals surface area (Å²) < 4.78 is 0. The van der Waals surface area contributed by atoms with E-state index in [0.29, 0.717) is 0 Å². The molecule has 0 spiro atoms. The second-order valence-corrected chi connectivity index (χ2v) is 7.81. The van der Waals surface area contributed by atoms with E-state index in [4.69, 9.17) is 4.98 Å². The Morgan fingerprint density at radius 3 is 2.64 bits per heavy atom. The van der Waals surface area contributed by atoms with E-state index in [9.17, 15) is 5.26 Å². The summed E-state index contributed by atoms with van der Waals surface area (Å²) in [6.07, 6.45) is 7.57. The van der Waals surface area contributed by atoms with Gasteiger partial charge >= 0.3 is 0 Å². The van der Waals surface area contributed by atoms with E-state index >= 15 is 0 Å². The van der Waals surface area contributed by atoms with Gasteiger partial charge in [-0.15, -0.1) is 11.3 Å². The number of hydrogen-bond acceptors (Lipinski definition) is 6. The number of nitrogens with zero attached hydrogens (tertiary/aromatic N) is 5. The Morgan fingerprint density at radius 1 is 1.16 bits per heavy atom. The Morgan fingerprint density at radius 2 is 1.92 bits per heavy atom. The summed E-state index contributed by atoms with van der Waals surface area (Å²) in [4.78, 5) is 15.4. The maximum atomic E-state index is 9.58. The second-order valence-electron chi connectivity index (χ2n) is 6.72. The van der Waals surface area contributed by atoms with Crippen molar-refractivity contribution in [2.45, 2.75) is 39.0 Å². The molecule has 4 rings (SSSR count). The highest BCUT2D eigenvalue weighted by atomic mass is 32.1. The number of aryl methyl sites for hydroxylation is 3. The molecule has 3 heterocycles. The molecule has 6 heteroatoms. The average molecular weight is 353 g/mol. The molecule has 0 N–H and O–H groups in total. The van der Waals surface area contributed by atoms with Gasteiger partial charge in [0.1, 0.15) is 11.9 Å². The molecule has 2 aliphatic rings. The van der Waals surface area contributed by atoms with Crippen LogP contribution in [0.4, 0.5) is 10.9 Å². The minimum absolute atomic E-state index is 0.733. The lowest BCUT2D eigenvalue weighted by atomic mass is 9.95. The van der Waals surface area contributed by atoms with Gasteiger partial charge in [0.2, 0.25) is 0 Å². The van der Waals surface area contributed by atoms with Crippen molar-refractivity contribution in [3.8, 4) is 6.07 Å². The maximum Gasteiger partial charge on any atom is 0.185 e. The van der Waals surface area contributed by atoms with Gasteiger partial charge in [-0.1, -0.05) is 6.92 Å². The SMILES string of the molecule is CCc1cnc(N2CCN(c3nc4c(cc3C#N)CCCC4)CC2)s1. The van der Waals surface area contributed by atoms with Crippen molar-refractivity contribution < 1.29 is 0 Å². The monoisotopic (exact) mass is 353 g/mol. The number of nitriles is 1. The number of rotatable bonds is 3. The van der Waals surface area contributed by atoms with E-state index in [1.54, 1.807) is 11.3 Å². The standard InChI is InChI=1S/C19H23N5S/c1-2-16-13-21-19(25-16)24-9-7-23(8-10-24)18-15(12-20)11-14-5-3-4-6-17(14)22-18/h11,13H,2-10H2,1H3. The summed E-state index contributed by atoms with van der Waals surface area (Å²) >= 11 is 1.79. The maximum absolute atomic E-state index is 9.58. The summed E-state index contributed by atoms with van der Waals surface area (Å²) in [6.45, 7) is 5.81. The first-order chi connectivity index (χ1) is 12.3. The molecular weight excluding hydrogens is 330 g/mol. The van der Waals surface area contributed by atoms with Gasteiger partial charge in [0, 0.05) is 42.9 Å². The smallest absolute Gasteiger partial charge is 0.185 e. The van der Waals surface area contributed by atoms with Gasteiger partial charge < -0.3 is 9.80 Å². The van der Waals surface area contributed by atoms with Gasteiger partial charge in [-0.25, -0.2) is 9.97 Å². The molecule has 1 aliphatic heterocycles. The molecule has 25 heavy (non-hydrogen) atoms. The first kappa shape index (κ1) is 16.3. The zero-order valence-corrected chi connectivity index (χ0v) is 15.5. The summed E-state index contributed by atoms with van der Waals surface area (Å²) in [5, 5.41) is 10.7. The molecule has 2 aromatic rings. The predicted molar refractivity (Wildman–Crippen MR) is 102 cm³/mol. The highest BCUT2D eigenvalue weighted by Crippen LogP contribution is 2.29. The molecule has 0 atom stereocenters. The van der Waals surface area contributed by atoms with E-state index in [1.165, 1.54) is 29.0 Å². The van der Waals surface area contributed by atoms with Crippen LogP contribution in [0.5, 0.6) is 0 Å². The van der Waals surface area contributed by atoms with Crippen molar-refractivity contribution >= 4 is 22.3 Å². The molecular formula is C19H23N5S. The Hall–Kier alpha value is -2.13. The van der Waals surface area contributed by atoms with Crippen molar-refractivity contribution in [3.05, 3.63) is 34.0 Å². The topological polar surface area (TPSA) is 56.1 Å². The number of piperazine rings is 1. The average Bonchev–Trinajstić information content (AvgIpc) is 3.16. The lowest BCUT2D eigenvalue weighted by Gasteiger charge is -2.36. The van der Waals surface area contributed by atoms with Gasteiger partial charge in [-0.2, -0.15) is 5.26 Å². The van der Waals surface area contributed by atoms with Gasteiger partial charge in [-0.3, -0.25) is 0 Å². The third-order valence-corrected chi connectivity index (χ3v) is 6.34. The molecule has 2 aromatic heterocycles. The zero-order chi connectivity index (χ0) is 17.2. The van der Waals surface area contributed by atoms with E-state index in [-0.39, 0.29) is 0 Å². The Labute approximate surface area is 152 Å².